The smallest absolute Gasteiger partial charge is 0.0100 e. The molecular formula is C17H36N2. The van der Waals surface area contributed by atoms with E-state index in [0.29, 0.717) is 5.41 Å². The standard InChI is InChI=1S/C17H36N2/c1-13(2)15-9-8-14(3)10-16(15)18-11-17(4,5)12-19(6)7/h13-16,18H,8-12H2,1-7H3. The molecule has 1 saturated carbocycles. The van der Waals surface area contributed by atoms with E-state index in [0.717, 1.165) is 36.9 Å². The summed E-state index contributed by atoms with van der Waals surface area (Å²) in [5.41, 5.74) is 0.353. The SMILES string of the molecule is CC1CCC(C(C)C)C(NCC(C)(C)CN(C)C)C1. The molecule has 19 heavy (non-hydrogen) atoms. The Morgan fingerprint density at radius 1 is 1.21 bits per heavy atom. The molecule has 1 aliphatic carbocycles. The number of hydrogen-bond donors (Lipinski definition) is 1. The molecule has 114 valence electrons. The summed E-state index contributed by atoms with van der Waals surface area (Å²) in [4.78, 5) is 2.30. The number of hydrogen-bond acceptors (Lipinski definition) is 2. The third-order valence-corrected chi connectivity index (χ3v) is 4.61. The first-order valence-corrected chi connectivity index (χ1v) is 8.09. The van der Waals surface area contributed by atoms with Gasteiger partial charge in [-0.2, -0.15) is 0 Å². The summed E-state index contributed by atoms with van der Waals surface area (Å²) in [6, 6.07) is 0.727. The molecular weight excluding hydrogens is 232 g/mol. The average molecular weight is 268 g/mol. The lowest BCUT2D eigenvalue weighted by Crippen LogP contribution is -2.47. The number of nitrogens with one attached hydrogen (secondary N) is 1. The normalized spacial score (nSPS) is 29.2. The predicted molar refractivity (Wildman–Crippen MR) is 85.5 cm³/mol. The van der Waals surface area contributed by atoms with Gasteiger partial charge in [0.1, 0.15) is 0 Å². The largest absolute Gasteiger partial charge is 0.313 e. The van der Waals surface area contributed by atoms with Gasteiger partial charge in [0, 0.05) is 19.1 Å². The second kappa shape index (κ2) is 7.08. The van der Waals surface area contributed by atoms with Crippen LogP contribution in [0.3, 0.4) is 0 Å². The molecule has 2 heteroatoms. The van der Waals surface area contributed by atoms with Crippen molar-refractivity contribution in [3.05, 3.63) is 0 Å². The quantitative estimate of drug-likeness (QED) is 0.791. The van der Waals surface area contributed by atoms with Gasteiger partial charge in [-0.3, -0.25) is 0 Å². The van der Waals surface area contributed by atoms with E-state index in [2.05, 4.69) is 58.9 Å². The predicted octanol–water partition coefficient (Wildman–Crippen LogP) is 3.62. The molecule has 0 amide bonds. The first kappa shape index (κ1) is 17.0. The van der Waals surface area contributed by atoms with Gasteiger partial charge in [0.2, 0.25) is 0 Å². The van der Waals surface area contributed by atoms with Gasteiger partial charge in [-0.1, -0.05) is 41.0 Å². The molecule has 0 radical (unpaired) electrons. The Bertz CT molecular complexity index is 258. The van der Waals surface area contributed by atoms with E-state index in [-0.39, 0.29) is 0 Å². The summed E-state index contributed by atoms with van der Waals surface area (Å²) in [5, 5.41) is 3.90. The Kier molecular flexibility index (Phi) is 6.32. The van der Waals surface area contributed by atoms with E-state index in [9.17, 15) is 0 Å². The van der Waals surface area contributed by atoms with Gasteiger partial charge in [-0.25, -0.2) is 0 Å². The van der Waals surface area contributed by atoms with E-state index < -0.39 is 0 Å². The van der Waals surface area contributed by atoms with Gasteiger partial charge in [-0.05, 0) is 50.1 Å². The van der Waals surface area contributed by atoms with Gasteiger partial charge in [-0.15, -0.1) is 0 Å². The highest BCUT2D eigenvalue weighted by atomic mass is 15.1. The molecule has 1 N–H and O–H groups in total. The lowest BCUT2D eigenvalue weighted by atomic mass is 9.73. The summed E-state index contributed by atoms with van der Waals surface area (Å²) in [6.45, 7) is 14.2. The fourth-order valence-electron chi connectivity index (χ4n) is 3.76. The van der Waals surface area contributed by atoms with Crippen LogP contribution in [0.15, 0.2) is 0 Å². The molecule has 0 aromatic carbocycles. The van der Waals surface area contributed by atoms with Gasteiger partial charge in [0.25, 0.3) is 0 Å². The Morgan fingerprint density at radius 2 is 1.84 bits per heavy atom. The minimum Gasteiger partial charge on any atom is -0.313 e. The van der Waals surface area contributed by atoms with Crippen LogP contribution in [-0.4, -0.2) is 38.1 Å². The Labute approximate surface area is 121 Å². The molecule has 2 nitrogen and oxygen atoms in total. The van der Waals surface area contributed by atoms with Gasteiger partial charge < -0.3 is 10.2 Å². The molecule has 3 unspecified atom stereocenters. The number of rotatable bonds is 6. The van der Waals surface area contributed by atoms with Crippen molar-refractivity contribution in [2.75, 3.05) is 27.2 Å². The molecule has 0 aromatic heterocycles. The van der Waals surface area contributed by atoms with Crippen LogP contribution in [0.5, 0.6) is 0 Å². The van der Waals surface area contributed by atoms with E-state index in [4.69, 9.17) is 0 Å². The summed E-state index contributed by atoms with van der Waals surface area (Å²) >= 11 is 0. The van der Waals surface area contributed by atoms with Crippen molar-refractivity contribution >= 4 is 0 Å². The maximum absolute atomic E-state index is 3.90. The van der Waals surface area contributed by atoms with Crippen molar-refractivity contribution in [1.29, 1.82) is 0 Å². The molecule has 0 spiro atoms. The van der Waals surface area contributed by atoms with Crippen molar-refractivity contribution < 1.29 is 0 Å². The number of nitrogens with zero attached hydrogens (tertiary/aromatic N) is 1. The minimum absolute atomic E-state index is 0.353. The van der Waals surface area contributed by atoms with Gasteiger partial charge in [0.05, 0.1) is 0 Å². The van der Waals surface area contributed by atoms with Crippen LogP contribution >= 0.6 is 0 Å². The monoisotopic (exact) mass is 268 g/mol. The van der Waals surface area contributed by atoms with Crippen molar-refractivity contribution in [3.8, 4) is 0 Å². The Hall–Kier alpha value is -0.0800. The lowest BCUT2D eigenvalue weighted by molar-refractivity contribution is 0.147. The summed E-state index contributed by atoms with van der Waals surface area (Å²) in [5.74, 6) is 2.57. The van der Waals surface area contributed by atoms with Crippen molar-refractivity contribution in [1.82, 2.24) is 10.2 Å². The van der Waals surface area contributed by atoms with E-state index >= 15 is 0 Å². The fraction of sp³-hybridized carbons (Fsp3) is 1.00. The van der Waals surface area contributed by atoms with Crippen LogP contribution in [-0.2, 0) is 0 Å². The summed E-state index contributed by atoms with van der Waals surface area (Å²) in [6.07, 6.45) is 4.19. The molecule has 0 bridgehead atoms. The van der Waals surface area contributed by atoms with Crippen LogP contribution in [0.1, 0.15) is 53.9 Å². The molecule has 1 rings (SSSR count). The van der Waals surface area contributed by atoms with Gasteiger partial charge >= 0.3 is 0 Å². The summed E-state index contributed by atoms with van der Waals surface area (Å²) in [7, 11) is 4.34. The Balaban J connectivity index is 2.52. The van der Waals surface area contributed by atoms with Crippen molar-refractivity contribution in [2.45, 2.75) is 59.9 Å². The Morgan fingerprint density at radius 3 is 2.37 bits per heavy atom. The molecule has 0 aliphatic heterocycles. The topological polar surface area (TPSA) is 15.3 Å². The third-order valence-electron chi connectivity index (χ3n) is 4.61. The van der Waals surface area contributed by atoms with Crippen LogP contribution < -0.4 is 5.32 Å². The van der Waals surface area contributed by atoms with Crippen LogP contribution in [0, 0.1) is 23.2 Å². The third kappa shape index (κ3) is 5.83. The van der Waals surface area contributed by atoms with E-state index in [1.54, 1.807) is 0 Å². The maximum Gasteiger partial charge on any atom is 0.0100 e. The maximum atomic E-state index is 3.90. The molecule has 3 atom stereocenters. The highest BCUT2D eigenvalue weighted by Gasteiger charge is 2.31. The lowest BCUT2D eigenvalue weighted by Gasteiger charge is -2.40. The van der Waals surface area contributed by atoms with E-state index in [1.165, 1.54) is 19.3 Å². The zero-order valence-corrected chi connectivity index (χ0v) is 14.3. The molecule has 0 saturated heterocycles. The summed E-state index contributed by atoms with van der Waals surface area (Å²) < 4.78 is 0. The van der Waals surface area contributed by atoms with Crippen LogP contribution in [0.25, 0.3) is 0 Å². The molecule has 0 aromatic rings. The molecule has 1 fully saturated rings. The zero-order chi connectivity index (χ0) is 14.6. The second-order valence-electron chi connectivity index (χ2n) is 8.22. The van der Waals surface area contributed by atoms with Crippen LogP contribution in [0.2, 0.25) is 0 Å². The van der Waals surface area contributed by atoms with Crippen LogP contribution in [0.4, 0.5) is 0 Å². The van der Waals surface area contributed by atoms with Gasteiger partial charge in [0.15, 0.2) is 0 Å². The highest BCUT2D eigenvalue weighted by Crippen LogP contribution is 2.33. The average Bonchev–Trinajstić information content (AvgIpc) is 2.24. The first-order valence-electron chi connectivity index (χ1n) is 8.09. The fourth-order valence-corrected chi connectivity index (χ4v) is 3.76. The van der Waals surface area contributed by atoms with E-state index in [1.807, 2.05) is 0 Å². The zero-order valence-electron chi connectivity index (χ0n) is 14.3. The highest BCUT2D eigenvalue weighted by molar-refractivity contribution is 4.87. The minimum atomic E-state index is 0.353. The second-order valence-corrected chi connectivity index (χ2v) is 8.22. The molecule has 0 heterocycles. The first-order chi connectivity index (χ1) is 8.71. The molecule has 1 aliphatic rings. The van der Waals surface area contributed by atoms with Crippen molar-refractivity contribution in [2.24, 2.45) is 23.2 Å². The van der Waals surface area contributed by atoms with Crippen molar-refractivity contribution in [3.63, 3.8) is 0 Å².